The summed E-state index contributed by atoms with van der Waals surface area (Å²) in [6.45, 7) is 7.61. The predicted molar refractivity (Wildman–Crippen MR) is 477 cm³/mol. The van der Waals surface area contributed by atoms with Gasteiger partial charge in [0.15, 0.2) is 57.6 Å². The van der Waals surface area contributed by atoms with Crippen molar-refractivity contribution in [3.8, 4) is 0 Å². The van der Waals surface area contributed by atoms with E-state index in [9.17, 15) is 36.7 Å². The predicted octanol–water partition coefficient (Wildman–Crippen LogP) is 24.7. The molecule has 0 N–H and O–H groups in total. The van der Waals surface area contributed by atoms with Crippen LogP contribution in [-0.2, 0) is 80.3 Å². The molecule has 0 aliphatic heterocycles. The fraction of sp³-hybridized carbons (Fsp3) is 0.458. The Kier molecular flexibility index (Phi) is 27.0. The van der Waals surface area contributed by atoms with Crippen LogP contribution in [0, 0.1) is 114 Å². The molecule has 0 heterocycles. The van der Waals surface area contributed by atoms with Crippen LogP contribution < -0.4 is 0 Å². The van der Waals surface area contributed by atoms with Gasteiger partial charge in [-0.3, -0.25) is 9.59 Å². The first-order chi connectivity index (χ1) is 59.9. The fourth-order valence-corrected chi connectivity index (χ4v) is 31.1. The molecule has 0 amide bonds. The van der Waals surface area contributed by atoms with Gasteiger partial charge < -0.3 is 28.4 Å². The van der Waals surface area contributed by atoms with E-state index in [2.05, 4.69) is 276 Å². The Hall–Kier alpha value is -8.45. The van der Waals surface area contributed by atoms with Gasteiger partial charge in [0.25, 0.3) is 0 Å². The highest BCUT2D eigenvalue weighted by molar-refractivity contribution is 7.97. The first-order valence-electron chi connectivity index (χ1n) is 45.4. The minimum Gasteiger partial charge on any atom is -0.457 e. The second kappa shape index (κ2) is 38.2. The number of rotatable bonds is 21. The number of aryl methyl sites for hydroxylation is 3. The summed E-state index contributed by atoms with van der Waals surface area (Å²) in [5.74, 6) is -3.67. The molecule has 650 valence electrons. The van der Waals surface area contributed by atoms with Crippen LogP contribution >= 0.6 is 0 Å². The Morgan fingerprint density at radius 3 is 0.710 bits per heavy atom. The summed E-state index contributed by atoms with van der Waals surface area (Å²) in [7, 11) is -0.0687. The Bertz CT molecular complexity index is 4410. The molecule has 16 aliphatic carbocycles. The molecule has 16 aliphatic rings. The van der Waals surface area contributed by atoms with Gasteiger partial charge in [0, 0.05) is 13.8 Å². The van der Waals surface area contributed by atoms with Gasteiger partial charge in [0.05, 0.1) is 55.7 Å². The zero-order valence-corrected chi connectivity index (χ0v) is 74.5. The maximum absolute atomic E-state index is 13.4. The molecule has 0 spiro atoms. The number of halogens is 4. The lowest BCUT2D eigenvalue weighted by atomic mass is 9.48. The lowest BCUT2D eigenvalue weighted by Crippen LogP contribution is -2.58. The van der Waals surface area contributed by atoms with Gasteiger partial charge in [-0.1, -0.05) is 162 Å². The van der Waals surface area contributed by atoms with Crippen LogP contribution in [-0.4, -0.2) is 73.7 Å². The summed E-state index contributed by atoms with van der Waals surface area (Å²) in [6.07, 6.45) is 19.5. The molecule has 16 fully saturated rings. The van der Waals surface area contributed by atoms with E-state index in [-0.39, 0.29) is 94.1 Å². The van der Waals surface area contributed by atoms with Gasteiger partial charge in [0.2, 0.25) is 0 Å². The van der Waals surface area contributed by atoms with Crippen molar-refractivity contribution in [3.05, 3.63) is 271 Å². The lowest BCUT2D eigenvalue weighted by Gasteiger charge is -2.58. The van der Waals surface area contributed by atoms with E-state index >= 15 is 0 Å². The Morgan fingerprint density at radius 1 is 0.282 bits per heavy atom. The largest absolute Gasteiger partial charge is 0.457 e. The highest BCUT2D eigenvalue weighted by Crippen LogP contribution is 2.64. The summed E-state index contributed by atoms with van der Waals surface area (Å²) >= 11 is 0. The van der Waals surface area contributed by atoms with Gasteiger partial charge in [-0.15, -0.1) is 0 Å². The summed E-state index contributed by atoms with van der Waals surface area (Å²) in [4.78, 5) is 62.3. The molecule has 4 atom stereocenters. The van der Waals surface area contributed by atoms with E-state index in [1.807, 2.05) is 0 Å². The van der Waals surface area contributed by atoms with E-state index in [1.54, 1.807) is 0 Å². The summed E-state index contributed by atoms with van der Waals surface area (Å²) < 4.78 is 87.8. The number of hydrogen-bond acceptors (Lipinski definition) is 10. The monoisotopic (exact) mass is 1740 g/mol. The van der Waals surface area contributed by atoms with E-state index in [0.717, 1.165) is 62.2 Å². The molecule has 9 aromatic rings. The second-order valence-corrected chi connectivity index (χ2v) is 44.6. The van der Waals surface area contributed by atoms with E-state index < -0.39 is 46.8 Å². The van der Waals surface area contributed by atoms with Gasteiger partial charge in [-0.2, -0.15) is 17.6 Å². The topological polar surface area (TPSA) is 124 Å². The summed E-state index contributed by atoms with van der Waals surface area (Å²) in [5.41, 5.74) is 2.78. The van der Waals surface area contributed by atoms with Crippen molar-refractivity contribution in [1.29, 1.82) is 0 Å². The van der Waals surface area contributed by atoms with Crippen molar-refractivity contribution in [2.75, 3.05) is 13.6 Å². The van der Waals surface area contributed by atoms with Crippen LogP contribution in [0.15, 0.2) is 299 Å². The third kappa shape index (κ3) is 20.1. The molecule has 16 bridgehead atoms. The molecule has 10 nitrogen and oxygen atoms in total. The van der Waals surface area contributed by atoms with E-state index in [0.29, 0.717) is 75.0 Å². The number of alkyl halides is 4. The number of ether oxygens (including phenoxy) is 6. The van der Waals surface area contributed by atoms with Crippen molar-refractivity contribution in [3.63, 3.8) is 0 Å². The molecular formula is C107H119F4O10S3+3. The van der Waals surface area contributed by atoms with Crippen LogP contribution in [0.2, 0.25) is 0 Å². The Balaban J connectivity index is 0.000000112. The van der Waals surface area contributed by atoms with Crippen molar-refractivity contribution in [2.45, 2.75) is 243 Å². The smallest absolute Gasteiger partial charge is 0.376 e. The van der Waals surface area contributed by atoms with Gasteiger partial charge in [-0.25, -0.2) is 9.59 Å². The normalized spacial score (nSPS) is 30.0. The third-order valence-corrected chi connectivity index (χ3v) is 36.0. The zero-order valence-electron chi connectivity index (χ0n) is 72.0. The molecule has 4 unspecified atom stereocenters. The minimum atomic E-state index is -3.49. The Morgan fingerprint density at radius 2 is 0.492 bits per heavy atom. The SMILES string of the molecule is CC(F)(F)C(=O)OC1C2CC3CC1CC(C(=O)OCOC1C4CC5CC(C4)CC1C5)(C3)C2.CC(F)(F)C(=O)OC1C2CC3CC1CC(C(=O)OCOC1C4CC5CC(C4)CC1C5)(C3)C2.Cc1ccc([S+](c2ccc(C)cc2)c2ccc(C)cc2)cc1.c1ccc([S+](c2ccccc2)c2ccccc2)cc1.c1ccc([S+](c2ccccc2)c2ccccc2)cc1. The molecule has 0 saturated heterocycles. The van der Waals surface area contributed by atoms with Crippen molar-refractivity contribution in [1.82, 2.24) is 0 Å². The number of hydrogen-bond donors (Lipinski definition) is 0. The highest BCUT2D eigenvalue weighted by atomic mass is 32.2. The number of carbonyl (C=O) groups excluding carboxylic acids is 4. The van der Waals surface area contributed by atoms with Crippen LogP contribution in [0.4, 0.5) is 17.6 Å². The third-order valence-electron chi connectivity index (χ3n) is 29.3. The highest BCUT2D eigenvalue weighted by Gasteiger charge is 2.63. The molecule has 124 heavy (non-hydrogen) atoms. The van der Waals surface area contributed by atoms with Crippen LogP contribution in [0.1, 0.15) is 159 Å². The molecule has 17 heteroatoms. The number of benzene rings is 9. The quantitative estimate of drug-likeness (QED) is 0.0226. The molecule has 25 rings (SSSR count). The molecule has 16 saturated carbocycles. The van der Waals surface area contributed by atoms with Gasteiger partial charge in [0.1, 0.15) is 12.2 Å². The second-order valence-electron chi connectivity index (χ2n) is 38.5. The summed E-state index contributed by atoms with van der Waals surface area (Å²) in [6, 6.07) is 91.1. The molecule has 0 radical (unpaired) electrons. The Labute approximate surface area is 738 Å². The molecule has 9 aromatic carbocycles. The maximum atomic E-state index is 13.4. The van der Waals surface area contributed by atoms with E-state index in [1.165, 1.54) is 125 Å². The minimum absolute atomic E-state index is 0.0146. The standard InChI is InChI=1S/2C25H34F2O5.C21H21S.2C18H15S/c2*1-24(26,27)22(28)32-21-18-7-15-8-19(21)11-25(9-15,10-18)23(29)31-12-30-20-16-3-13-2-14(5-16)6-17(20)4-13;1-16-4-10-19(11-5-16)22(20-12-6-17(2)7-13-20)21-14-8-18(3)9-15-21;2*1-4-10-16(11-5-1)19(17-12-6-2-7-13-17)18-14-8-3-9-15-18/h2*13-21H,2-12H2,1H3;4-15H,1-3H3;2*1-15H/q;;3*+1. The van der Waals surface area contributed by atoms with Gasteiger partial charge in [-0.05, 0) is 341 Å². The first kappa shape index (κ1) is 87.6. The molecule has 0 aromatic heterocycles. The van der Waals surface area contributed by atoms with Gasteiger partial charge >= 0.3 is 35.7 Å². The fourth-order valence-electron chi connectivity index (χ4n) is 24.8. The number of esters is 4. The van der Waals surface area contributed by atoms with E-state index in [4.69, 9.17) is 28.4 Å². The van der Waals surface area contributed by atoms with Crippen LogP contribution in [0.3, 0.4) is 0 Å². The first-order valence-corrected chi connectivity index (χ1v) is 49.1. The summed E-state index contributed by atoms with van der Waals surface area (Å²) in [5, 5.41) is 0. The average Bonchev–Trinajstić information content (AvgIpc) is 0.726. The van der Waals surface area contributed by atoms with Crippen molar-refractivity contribution < 1.29 is 65.2 Å². The lowest BCUT2D eigenvalue weighted by molar-refractivity contribution is -0.218. The molecular weight excluding hydrogens is 1620 g/mol. The maximum Gasteiger partial charge on any atom is 0.376 e. The average molecular weight is 1740 g/mol. The zero-order chi connectivity index (χ0) is 85.9. The van der Waals surface area contributed by atoms with Crippen LogP contribution in [0.5, 0.6) is 0 Å². The number of carbonyl (C=O) groups is 4. The van der Waals surface area contributed by atoms with Crippen LogP contribution in [0.25, 0.3) is 0 Å². The van der Waals surface area contributed by atoms with Crippen molar-refractivity contribution >= 4 is 56.6 Å². The van der Waals surface area contributed by atoms with Crippen molar-refractivity contribution in [2.24, 2.45) is 93.7 Å².